The van der Waals surface area contributed by atoms with Crippen LogP contribution in [0.25, 0.3) is 0 Å². The molecule has 1 atom stereocenters. The van der Waals surface area contributed by atoms with Gasteiger partial charge in [-0.05, 0) is 44.5 Å². The number of aromatic nitrogens is 2. The van der Waals surface area contributed by atoms with E-state index in [4.69, 9.17) is 0 Å². The SMILES string of the molecule is CC(C)c1nc(C(=O)N(Cc2ccccn2)C2CCCNCC2)cs1.Cl.Cl. The van der Waals surface area contributed by atoms with Gasteiger partial charge in [-0.2, -0.15) is 0 Å². The van der Waals surface area contributed by atoms with E-state index in [9.17, 15) is 4.79 Å². The van der Waals surface area contributed by atoms with Crippen molar-refractivity contribution in [2.45, 2.75) is 51.6 Å². The van der Waals surface area contributed by atoms with Gasteiger partial charge in [0.2, 0.25) is 0 Å². The number of carbonyl (C=O) groups is 1. The minimum Gasteiger partial charge on any atom is -0.328 e. The molecular weight excluding hydrogens is 403 g/mol. The molecule has 0 spiro atoms. The summed E-state index contributed by atoms with van der Waals surface area (Å²) in [5.41, 5.74) is 1.49. The largest absolute Gasteiger partial charge is 0.328 e. The van der Waals surface area contributed by atoms with Crippen molar-refractivity contribution in [3.63, 3.8) is 0 Å². The second-order valence-electron chi connectivity index (χ2n) is 6.81. The topological polar surface area (TPSA) is 58.1 Å². The smallest absolute Gasteiger partial charge is 0.273 e. The average molecular weight is 431 g/mol. The summed E-state index contributed by atoms with van der Waals surface area (Å²) in [5, 5.41) is 6.34. The van der Waals surface area contributed by atoms with E-state index in [2.05, 4.69) is 29.1 Å². The molecule has 2 aromatic heterocycles. The van der Waals surface area contributed by atoms with Crippen LogP contribution in [-0.2, 0) is 6.54 Å². The Bertz CT molecular complexity index is 688. The quantitative estimate of drug-likeness (QED) is 0.768. The number of nitrogens with one attached hydrogen (secondary N) is 1. The molecule has 1 aliphatic rings. The van der Waals surface area contributed by atoms with Gasteiger partial charge in [-0.1, -0.05) is 19.9 Å². The van der Waals surface area contributed by atoms with Crippen LogP contribution in [0.3, 0.4) is 0 Å². The molecule has 2 aromatic rings. The highest BCUT2D eigenvalue weighted by molar-refractivity contribution is 7.09. The molecule has 5 nitrogen and oxygen atoms in total. The van der Waals surface area contributed by atoms with Crippen LogP contribution in [0.2, 0.25) is 0 Å². The van der Waals surface area contributed by atoms with Gasteiger partial charge in [-0.3, -0.25) is 9.78 Å². The molecule has 1 saturated heterocycles. The first-order chi connectivity index (χ1) is 12.1. The lowest BCUT2D eigenvalue weighted by molar-refractivity contribution is 0.0637. The second kappa shape index (κ2) is 11.6. The van der Waals surface area contributed by atoms with Gasteiger partial charge in [0.25, 0.3) is 5.91 Å². The van der Waals surface area contributed by atoms with Crippen LogP contribution < -0.4 is 5.32 Å². The lowest BCUT2D eigenvalue weighted by Crippen LogP contribution is -2.40. The van der Waals surface area contributed by atoms with Gasteiger partial charge in [-0.25, -0.2) is 4.98 Å². The normalized spacial score (nSPS) is 16.8. The van der Waals surface area contributed by atoms with Gasteiger partial charge < -0.3 is 10.2 Å². The Hall–Kier alpha value is -1.21. The van der Waals surface area contributed by atoms with E-state index < -0.39 is 0 Å². The Morgan fingerprint density at radius 3 is 2.78 bits per heavy atom. The third-order valence-corrected chi connectivity index (χ3v) is 5.69. The maximum atomic E-state index is 13.2. The first kappa shape index (κ1) is 23.8. The van der Waals surface area contributed by atoms with E-state index >= 15 is 0 Å². The number of amides is 1. The molecule has 1 amide bonds. The zero-order valence-electron chi connectivity index (χ0n) is 15.8. The van der Waals surface area contributed by atoms with Crippen molar-refractivity contribution in [1.82, 2.24) is 20.2 Å². The molecule has 1 fully saturated rings. The average Bonchev–Trinajstić information content (AvgIpc) is 2.97. The number of thiazole rings is 1. The Balaban J connectivity index is 0.00000182. The van der Waals surface area contributed by atoms with Gasteiger partial charge in [0.15, 0.2) is 0 Å². The maximum absolute atomic E-state index is 13.2. The fourth-order valence-electron chi connectivity index (χ4n) is 3.14. The molecular formula is C19H28Cl2N4OS. The summed E-state index contributed by atoms with van der Waals surface area (Å²) in [5.74, 6) is 0.374. The number of carbonyl (C=O) groups excluding carboxylic acids is 1. The van der Waals surface area contributed by atoms with Crippen LogP contribution in [0.1, 0.15) is 60.2 Å². The summed E-state index contributed by atoms with van der Waals surface area (Å²) in [6, 6.07) is 6.09. The van der Waals surface area contributed by atoms with E-state index in [1.54, 1.807) is 17.5 Å². The van der Waals surface area contributed by atoms with Gasteiger partial charge in [-0.15, -0.1) is 36.2 Å². The fourth-order valence-corrected chi connectivity index (χ4v) is 3.95. The van der Waals surface area contributed by atoms with Crippen molar-refractivity contribution >= 4 is 42.1 Å². The highest BCUT2D eigenvalue weighted by Gasteiger charge is 2.27. The molecule has 1 N–H and O–H groups in total. The molecule has 0 aliphatic carbocycles. The zero-order valence-corrected chi connectivity index (χ0v) is 18.2. The number of halogens is 2. The molecule has 1 aliphatic heterocycles. The lowest BCUT2D eigenvalue weighted by Gasteiger charge is -2.30. The molecule has 0 saturated carbocycles. The van der Waals surface area contributed by atoms with Crippen molar-refractivity contribution in [3.8, 4) is 0 Å². The van der Waals surface area contributed by atoms with E-state index in [1.807, 2.05) is 28.5 Å². The standard InChI is InChI=1S/C19H26N4OS.2ClH/c1-14(2)18-22-17(13-25-18)19(24)23(12-15-6-3-4-10-21-15)16-7-5-9-20-11-8-16;;/h3-4,6,10,13-14,16,20H,5,7-9,11-12H2,1-2H3;2*1H. The Morgan fingerprint density at radius 2 is 2.11 bits per heavy atom. The molecule has 150 valence electrons. The summed E-state index contributed by atoms with van der Waals surface area (Å²) in [4.78, 5) is 24.2. The second-order valence-corrected chi connectivity index (χ2v) is 7.70. The number of pyridine rings is 1. The van der Waals surface area contributed by atoms with E-state index in [0.29, 0.717) is 18.2 Å². The number of nitrogens with zero attached hydrogens (tertiary/aromatic N) is 3. The highest BCUT2D eigenvalue weighted by Crippen LogP contribution is 2.23. The van der Waals surface area contributed by atoms with Crippen molar-refractivity contribution in [2.24, 2.45) is 0 Å². The number of rotatable bonds is 5. The third kappa shape index (κ3) is 6.42. The molecule has 0 radical (unpaired) electrons. The van der Waals surface area contributed by atoms with Crippen LogP contribution in [0, 0.1) is 0 Å². The van der Waals surface area contributed by atoms with Crippen LogP contribution >= 0.6 is 36.2 Å². The Morgan fingerprint density at radius 1 is 1.30 bits per heavy atom. The van der Waals surface area contributed by atoms with Crippen LogP contribution in [-0.4, -0.2) is 39.9 Å². The minimum absolute atomic E-state index is 0. The molecule has 3 heterocycles. The maximum Gasteiger partial charge on any atom is 0.273 e. The van der Waals surface area contributed by atoms with Crippen molar-refractivity contribution < 1.29 is 4.79 Å². The van der Waals surface area contributed by atoms with Crippen LogP contribution in [0.5, 0.6) is 0 Å². The van der Waals surface area contributed by atoms with Gasteiger partial charge in [0.05, 0.1) is 17.2 Å². The van der Waals surface area contributed by atoms with Gasteiger partial charge in [0.1, 0.15) is 5.69 Å². The predicted molar refractivity (Wildman–Crippen MR) is 115 cm³/mol. The van der Waals surface area contributed by atoms with E-state index in [-0.39, 0.29) is 36.8 Å². The lowest BCUT2D eigenvalue weighted by atomic mass is 10.1. The van der Waals surface area contributed by atoms with Gasteiger partial charge in [0, 0.05) is 23.5 Å². The summed E-state index contributed by atoms with van der Waals surface area (Å²) in [6.45, 7) is 6.73. The molecule has 27 heavy (non-hydrogen) atoms. The van der Waals surface area contributed by atoms with Crippen LogP contribution in [0.15, 0.2) is 29.8 Å². The van der Waals surface area contributed by atoms with Crippen molar-refractivity contribution in [3.05, 3.63) is 46.2 Å². The third-order valence-electron chi connectivity index (χ3n) is 4.54. The first-order valence-corrected chi connectivity index (χ1v) is 9.90. The van der Waals surface area contributed by atoms with Crippen LogP contribution in [0.4, 0.5) is 0 Å². The van der Waals surface area contributed by atoms with Crippen molar-refractivity contribution in [1.29, 1.82) is 0 Å². The molecule has 8 heteroatoms. The minimum atomic E-state index is 0. The molecule has 0 bridgehead atoms. The zero-order chi connectivity index (χ0) is 17.6. The Kier molecular flexibility index (Phi) is 10.2. The molecule has 3 rings (SSSR count). The van der Waals surface area contributed by atoms with Crippen molar-refractivity contribution in [2.75, 3.05) is 13.1 Å². The van der Waals surface area contributed by atoms with E-state index in [1.165, 1.54) is 0 Å². The monoisotopic (exact) mass is 430 g/mol. The summed E-state index contributed by atoms with van der Waals surface area (Å²) < 4.78 is 0. The summed E-state index contributed by atoms with van der Waals surface area (Å²) >= 11 is 1.57. The molecule has 0 aromatic carbocycles. The predicted octanol–water partition coefficient (Wildman–Crippen LogP) is 4.29. The Labute approximate surface area is 177 Å². The number of hydrogen-bond acceptors (Lipinski definition) is 5. The summed E-state index contributed by atoms with van der Waals surface area (Å²) in [7, 11) is 0. The van der Waals surface area contributed by atoms with E-state index in [0.717, 1.165) is 43.1 Å². The van der Waals surface area contributed by atoms with Gasteiger partial charge >= 0.3 is 0 Å². The fraction of sp³-hybridized carbons (Fsp3) is 0.526. The molecule has 1 unspecified atom stereocenters. The number of hydrogen-bond donors (Lipinski definition) is 1. The highest BCUT2D eigenvalue weighted by atomic mass is 35.5. The summed E-state index contributed by atoms with van der Waals surface area (Å²) in [6.07, 6.45) is 4.86. The first-order valence-electron chi connectivity index (χ1n) is 9.02.